The zero-order valence-corrected chi connectivity index (χ0v) is 24.1. The Morgan fingerprint density at radius 1 is 1.03 bits per heavy atom. The van der Waals surface area contributed by atoms with Gasteiger partial charge in [-0.1, -0.05) is 11.6 Å². The number of benzene rings is 1. The molecule has 0 saturated carbocycles. The second-order valence-electron chi connectivity index (χ2n) is 9.65. The van der Waals surface area contributed by atoms with Crippen LogP contribution >= 0.6 is 11.6 Å². The molecule has 4 aromatic rings. The first-order valence-corrected chi connectivity index (χ1v) is 14.8. The topological polar surface area (TPSA) is 127 Å². The molecular formula is C26H31ClN8O3S. The van der Waals surface area contributed by atoms with Crippen molar-refractivity contribution in [2.45, 2.75) is 46.3 Å². The molecule has 0 bridgehead atoms. The quantitative estimate of drug-likeness (QED) is 0.301. The van der Waals surface area contributed by atoms with Crippen LogP contribution in [0, 0.1) is 20.8 Å². The number of fused-ring (bicyclic) bond motifs is 1. The molecule has 0 spiro atoms. The first kappa shape index (κ1) is 27.1. The summed E-state index contributed by atoms with van der Waals surface area (Å²) >= 11 is 6.25. The SMILES string of the molecule is Cc1ncc(Nc2cc(Nc3ccc(Cl)cc3N(C)S(C)(=O)=O)c3nc(C)n(C4CCCCO4)c3n2)nc1C. The molecule has 0 radical (unpaired) electrons. The van der Waals surface area contributed by atoms with Gasteiger partial charge in [-0.3, -0.25) is 13.9 Å². The molecule has 1 aliphatic rings. The summed E-state index contributed by atoms with van der Waals surface area (Å²) in [7, 11) is -2.06. The summed E-state index contributed by atoms with van der Waals surface area (Å²) in [6.07, 6.45) is 5.56. The highest BCUT2D eigenvalue weighted by Gasteiger charge is 2.24. The van der Waals surface area contributed by atoms with E-state index in [1.165, 1.54) is 11.4 Å². The van der Waals surface area contributed by atoms with Gasteiger partial charge < -0.3 is 15.4 Å². The number of sulfonamides is 1. The van der Waals surface area contributed by atoms with Crippen LogP contribution in [0.25, 0.3) is 11.2 Å². The number of hydrogen-bond donors (Lipinski definition) is 2. The maximum atomic E-state index is 12.4. The molecule has 206 valence electrons. The number of nitrogens with zero attached hydrogens (tertiary/aromatic N) is 6. The lowest BCUT2D eigenvalue weighted by Crippen LogP contribution is -2.25. The zero-order chi connectivity index (χ0) is 27.9. The van der Waals surface area contributed by atoms with Crippen LogP contribution in [0.1, 0.15) is 42.7 Å². The van der Waals surface area contributed by atoms with Crippen LogP contribution in [0.3, 0.4) is 0 Å². The number of aryl methyl sites for hydroxylation is 3. The minimum atomic E-state index is -3.55. The van der Waals surface area contributed by atoms with E-state index in [-0.39, 0.29) is 6.23 Å². The number of pyridine rings is 1. The standard InChI is InChI=1S/C26H31ClN8O3S/c1-15-16(2)29-23(14-28-15)32-22-13-20(31-19-10-9-18(27)12-21(19)34(4)39(5,36)37)25-26(33-22)35(17(3)30-25)24-8-6-7-11-38-24/h9-10,12-14,24H,6-8,11H2,1-5H3,(H2,29,31,32,33). The fourth-order valence-electron chi connectivity index (χ4n) is 4.53. The van der Waals surface area contributed by atoms with Crippen LogP contribution in [0.5, 0.6) is 0 Å². The lowest BCUT2D eigenvalue weighted by Gasteiger charge is -2.25. The van der Waals surface area contributed by atoms with E-state index in [1.807, 2.05) is 31.4 Å². The first-order chi connectivity index (χ1) is 18.5. The second-order valence-corrected chi connectivity index (χ2v) is 12.1. The Morgan fingerprint density at radius 3 is 2.51 bits per heavy atom. The van der Waals surface area contributed by atoms with Gasteiger partial charge >= 0.3 is 0 Å². The van der Waals surface area contributed by atoms with Crippen molar-refractivity contribution in [1.82, 2.24) is 24.5 Å². The van der Waals surface area contributed by atoms with E-state index in [0.717, 1.165) is 42.7 Å². The van der Waals surface area contributed by atoms with Crippen LogP contribution in [0.15, 0.2) is 30.5 Å². The zero-order valence-electron chi connectivity index (χ0n) is 22.5. The number of anilines is 5. The second kappa shape index (κ2) is 10.6. The van der Waals surface area contributed by atoms with E-state index in [2.05, 4.69) is 20.6 Å². The normalized spacial score (nSPS) is 15.9. The lowest BCUT2D eigenvalue weighted by molar-refractivity contribution is -0.0308. The molecule has 3 aromatic heterocycles. The van der Waals surface area contributed by atoms with Gasteiger partial charge in [-0.2, -0.15) is 0 Å². The highest BCUT2D eigenvalue weighted by molar-refractivity contribution is 7.92. The molecule has 1 fully saturated rings. The third-order valence-corrected chi connectivity index (χ3v) is 8.21. The summed E-state index contributed by atoms with van der Waals surface area (Å²) in [5.41, 5.74) is 4.49. The third kappa shape index (κ3) is 5.63. The highest BCUT2D eigenvalue weighted by atomic mass is 35.5. The van der Waals surface area contributed by atoms with Crippen LogP contribution < -0.4 is 14.9 Å². The van der Waals surface area contributed by atoms with E-state index in [9.17, 15) is 8.42 Å². The van der Waals surface area contributed by atoms with Crippen LogP contribution in [-0.2, 0) is 14.8 Å². The van der Waals surface area contributed by atoms with Gasteiger partial charge in [0.2, 0.25) is 10.0 Å². The maximum absolute atomic E-state index is 12.4. The van der Waals surface area contributed by atoms with Crippen LogP contribution in [-0.4, -0.2) is 52.8 Å². The van der Waals surface area contributed by atoms with Gasteiger partial charge in [0.15, 0.2) is 5.65 Å². The molecule has 5 rings (SSSR count). The van der Waals surface area contributed by atoms with Crippen molar-refractivity contribution in [3.63, 3.8) is 0 Å². The van der Waals surface area contributed by atoms with Crippen molar-refractivity contribution in [2.75, 3.05) is 34.8 Å². The van der Waals surface area contributed by atoms with E-state index in [1.54, 1.807) is 24.4 Å². The number of rotatable bonds is 7. The molecule has 2 N–H and O–H groups in total. The molecule has 1 unspecified atom stereocenters. The molecule has 1 saturated heterocycles. The number of imidazole rings is 1. The van der Waals surface area contributed by atoms with Gasteiger partial charge in [0.05, 0.1) is 40.9 Å². The maximum Gasteiger partial charge on any atom is 0.232 e. The first-order valence-electron chi connectivity index (χ1n) is 12.6. The fraction of sp³-hybridized carbons (Fsp3) is 0.385. The van der Waals surface area contributed by atoms with Gasteiger partial charge in [0, 0.05) is 24.7 Å². The van der Waals surface area contributed by atoms with E-state index in [0.29, 0.717) is 51.5 Å². The molecule has 1 aliphatic heterocycles. The van der Waals surface area contributed by atoms with Gasteiger partial charge in [0.25, 0.3) is 0 Å². The summed E-state index contributed by atoms with van der Waals surface area (Å²) in [5, 5.41) is 7.07. The molecule has 11 nitrogen and oxygen atoms in total. The smallest absolute Gasteiger partial charge is 0.232 e. The molecule has 13 heteroatoms. The van der Waals surface area contributed by atoms with Crippen molar-refractivity contribution in [3.8, 4) is 0 Å². The van der Waals surface area contributed by atoms with Gasteiger partial charge in [0.1, 0.15) is 29.2 Å². The Bertz CT molecular complexity index is 1650. The minimum absolute atomic E-state index is 0.178. The highest BCUT2D eigenvalue weighted by Crippen LogP contribution is 2.37. The molecule has 4 heterocycles. The van der Waals surface area contributed by atoms with Crippen LogP contribution in [0.2, 0.25) is 5.02 Å². The number of halogens is 1. The number of ether oxygens (including phenoxy) is 1. The van der Waals surface area contributed by atoms with E-state index in [4.69, 9.17) is 26.3 Å². The molecule has 0 amide bonds. The largest absolute Gasteiger partial charge is 0.358 e. The molecule has 1 atom stereocenters. The Labute approximate surface area is 232 Å². The summed E-state index contributed by atoms with van der Waals surface area (Å²) in [6, 6.07) is 6.86. The average Bonchev–Trinajstić information content (AvgIpc) is 3.22. The van der Waals surface area contributed by atoms with Crippen molar-refractivity contribution in [3.05, 3.63) is 52.7 Å². The number of hydrogen-bond acceptors (Lipinski definition) is 9. The Kier molecular flexibility index (Phi) is 7.36. The third-order valence-electron chi connectivity index (χ3n) is 6.78. The monoisotopic (exact) mass is 570 g/mol. The van der Waals surface area contributed by atoms with Crippen molar-refractivity contribution in [1.29, 1.82) is 0 Å². The summed E-state index contributed by atoms with van der Waals surface area (Å²) in [4.78, 5) is 18.7. The predicted molar refractivity (Wildman–Crippen MR) is 154 cm³/mol. The minimum Gasteiger partial charge on any atom is -0.358 e. The molecular weight excluding hydrogens is 540 g/mol. The number of nitrogens with one attached hydrogen (secondary N) is 2. The van der Waals surface area contributed by atoms with Crippen molar-refractivity contribution < 1.29 is 13.2 Å². The van der Waals surface area contributed by atoms with Gasteiger partial charge in [-0.15, -0.1) is 0 Å². The van der Waals surface area contributed by atoms with Crippen molar-refractivity contribution in [2.24, 2.45) is 0 Å². The summed E-state index contributed by atoms with van der Waals surface area (Å²) < 4.78 is 34.1. The summed E-state index contributed by atoms with van der Waals surface area (Å²) in [5.74, 6) is 1.84. The van der Waals surface area contributed by atoms with Gasteiger partial charge in [-0.05, 0) is 58.2 Å². The Morgan fingerprint density at radius 2 is 1.82 bits per heavy atom. The van der Waals surface area contributed by atoms with E-state index >= 15 is 0 Å². The number of aromatic nitrogens is 5. The lowest BCUT2D eigenvalue weighted by atomic mass is 10.2. The average molecular weight is 571 g/mol. The molecule has 1 aromatic carbocycles. The summed E-state index contributed by atoms with van der Waals surface area (Å²) in [6.45, 7) is 6.41. The fourth-order valence-corrected chi connectivity index (χ4v) is 5.21. The van der Waals surface area contributed by atoms with E-state index < -0.39 is 10.0 Å². The van der Waals surface area contributed by atoms with Crippen molar-refractivity contribution >= 4 is 61.5 Å². The Balaban J connectivity index is 1.65. The molecule has 39 heavy (non-hydrogen) atoms. The Hall–Kier alpha value is -3.48. The molecule has 0 aliphatic carbocycles. The van der Waals surface area contributed by atoms with Gasteiger partial charge in [-0.25, -0.2) is 23.4 Å². The predicted octanol–water partition coefficient (Wildman–Crippen LogP) is 5.38. The van der Waals surface area contributed by atoms with Crippen LogP contribution in [0.4, 0.5) is 28.7 Å².